The minimum Gasteiger partial charge on any atom is -0.507 e. The summed E-state index contributed by atoms with van der Waals surface area (Å²) in [5.74, 6) is -0.283. The molecule has 0 aliphatic heterocycles. The highest BCUT2D eigenvalue weighted by Crippen LogP contribution is 2.22. The second-order valence-corrected chi connectivity index (χ2v) is 4.21. The fourth-order valence-electron chi connectivity index (χ4n) is 1.37. The number of primary amides is 1. The van der Waals surface area contributed by atoms with Crippen molar-refractivity contribution in [1.82, 2.24) is 5.32 Å². The van der Waals surface area contributed by atoms with E-state index >= 15 is 0 Å². The lowest BCUT2D eigenvalue weighted by Crippen LogP contribution is -2.31. The molecule has 0 radical (unpaired) electrons. The van der Waals surface area contributed by atoms with Crippen LogP contribution >= 0.6 is 11.6 Å². The van der Waals surface area contributed by atoms with Gasteiger partial charge >= 0.3 is 0 Å². The van der Waals surface area contributed by atoms with Gasteiger partial charge in [-0.2, -0.15) is 0 Å². The van der Waals surface area contributed by atoms with E-state index in [9.17, 15) is 15.0 Å². The van der Waals surface area contributed by atoms with Crippen molar-refractivity contribution in [2.45, 2.75) is 6.10 Å². The van der Waals surface area contributed by atoms with Crippen molar-refractivity contribution in [3.8, 4) is 11.5 Å². The fourth-order valence-corrected chi connectivity index (χ4v) is 1.48. The number of nitrogens with two attached hydrogens (primary N) is 1. The van der Waals surface area contributed by atoms with Gasteiger partial charge < -0.3 is 26.0 Å². The second kappa shape index (κ2) is 7.83. The third-order valence-electron chi connectivity index (χ3n) is 2.34. The molecule has 1 atom stereocenters. The van der Waals surface area contributed by atoms with Crippen LogP contribution in [-0.2, 0) is 0 Å². The van der Waals surface area contributed by atoms with E-state index in [0.717, 1.165) is 0 Å². The summed E-state index contributed by atoms with van der Waals surface area (Å²) >= 11 is 5.43. The number of halogens is 1. The Hall–Kier alpha value is -1.50. The number of ether oxygens (including phenoxy) is 1. The Morgan fingerprint density at radius 3 is 2.89 bits per heavy atom. The molecule has 0 aliphatic carbocycles. The van der Waals surface area contributed by atoms with E-state index in [-0.39, 0.29) is 17.2 Å². The first-order valence-corrected chi connectivity index (χ1v) is 6.28. The summed E-state index contributed by atoms with van der Waals surface area (Å²) in [5, 5.41) is 21.5. The molecule has 5 N–H and O–H groups in total. The molecule has 6 nitrogen and oxygen atoms in total. The lowest BCUT2D eigenvalue weighted by Gasteiger charge is -2.10. The van der Waals surface area contributed by atoms with Crippen LogP contribution in [0.15, 0.2) is 18.2 Å². The molecule has 0 fully saturated rings. The summed E-state index contributed by atoms with van der Waals surface area (Å²) in [7, 11) is 0. The number of carbonyl (C=O) groups excluding carboxylic acids is 1. The number of alkyl halides is 1. The molecule has 1 unspecified atom stereocenters. The van der Waals surface area contributed by atoms with Crippen LogP contribution in [0, 0.1) is 0 Å². The van der Waals surface area contributed by atoms with E-state index in [4.69, 9.17) is 22.1 Å². The predicted molar refractivity (Wildman–Crippen MR) is 71.7 cm³/mol. The molecule has 1 aromatic rings. The van der Waals surface area contributed by atoms with Crippen molar-refractivity contribution in [3.63, 3.8) is 0 Å². The number of carbonyl (C=O) groups is 1. The average molecular weight is 289 g/mol. The molecule has 0 aliphatic rings. The first-order chi connectivity index (χ1) is 9.04. The van der Waals surface area contributed by atoms with Gasteiger partial charge in [-0.25, -0.2) is 0 Å². The number of nitrogens with one attached hydrogen (secondary N) is 1. The van der Waals surface area contributed by atoms with E-state index < -0.39 is 12.0 Å². The summed E-state index contributed by atoms with van der Waals surface area (Å²) < 4.78 is 5.37. The minimum absolute atomic E-state index is 0.0167. The molecule has 0 saturated carbocycles. The van der Waals surface area contributed by atoms with Crippen LogP contribution in [0.2, 0.25) is 0 Å². The summed E-state index contributed by atoms with van der Waals surface area (Å²) in [5.41, 5.74) is 5.12. The molecule has 1 aromatic carbocycles. The third-order valence-corrected chi connectivity index (χ3v) is 2.70. The van der Waals surface area contributed by atoms with Crippen LogP contribution in [-0.4, -0.2) is 47.8 Å². The van der Waals surface area contributed by atoms with Gasteiger partial charge in [0.25, 0.3) is 5.91 Å². The Morgan fingerprint density at radius 1 is 1.53 bits per heavy atom. The molecular weight excluding hydrogens is 272 g/mol. The number of benzene rings is 1. The lowest BCUT2D eigenvalue weighted by molar-refractivity contribution is 0.0997. The number of hydrogen-bond donors (Lipinski definition) is 4. The number of aromatic hydroxyl groups is 1. The normalized spacial score (nSPS) is 12.1. The lowest BCUT2D eigenvalue weighted by atomic mass is 10.2. The Kier molecular flexibility index (Phi) is 6.41. The predicted octanol–water partition coefficient (Wildman–Crippen LogP) is 0.0592. The van der Waals surface area contributed by atoms with Crippen molar-refractivity contribution in [2.24, 2.45) is 5.73 Å². The van der Waals surface area contributed by atoms with Crippen molar-refractivity contribution < 1.29 is 19.7 Å². The van der Waals surface area contributed by atoms with Crippen molar-refractivity contribution >= 4 is 17.5 Å². The molecule has 0 spiro atoms. The third kappa shape index (κ3) is 5.34. The Labute approximate surface area is 116 Å². The number of aliphatic hydroxyl groups excluding tert-OH is 1. The number of aliphatic hydroxyl groups is 1. The van der Waals surface area contributed by atoms with Gasteiger partial charge in [-0.15, -0.1) is 11.6 Å². The first-order valence-electron chi connectivity index (χ1n) is 5.75. The van der Waals surface area contributed by atoms with Gasteiger partial charge in [0.2, 0.25) is 0 Å². The van der Waals surface area contributed by atoms with Crippen LogP contribution < -0.4 is 15.8 Å². The van der Waals surface area contributed by atoms with E-state index in [0.29, 0.717) is 25.4 Å². The van der Waals surface area contributed by atoms with Gasteiger partial charge in [-0.05, 0) is 18.2 Å². The largest absolute Gasteiger partial charge is 0.507 e. The summed E-state index contributed by atoms with van der Waals surface area (Å²) in [6.45, 7) is 1.24. The smallest absolute Gasteiger partial charge is 0.252 e. The van der Waals surface area contributed by atoms with Gasteiger partial charge in [0, 0.05) is 19.0 Å². The molecule has 0 heterocycles. The quantitative estimate of drug-likeness (QED) is 0.400. The Bertz CT molecular complexity index is 428. The van der Waals surface area contributed by atoms with Gasteiger partial charge in [0.1, 0.15) is 18.1 Å². The van der Waals surface area contributed by atoms with Crippen molar-refractivity contribution in [2.75, 3.05) is 25.6 Å². The summed E-state index contributed by atoms with van der Waals surface area (Å²) in [6.07, 6.45) is -0.586. The standard InChI is InChI=1S/C12H17ClN2O4/c13-6-8(16)7-15-3-4-19-9-1-2-11(17)10(5-9)12(14)18/h1-2,5,8,15-17H,3-4,6-7H2,(H2,14,18). The molecular formula is C12H17ClN2O4. The summed E-state index contributed by atoms with van der Waals surface area (Å²) in [4.78, 5) is 11.0. The van der Waals surface area contributed by atoms with Crippen LogP contribution in [0.3, 0.4) is 0 Å². The van der Waals surface area contributed by atoms with Crippen molar-refractivity contribution in [3.05, 3.63) is 23.8 Å². The topological polar surface area (TPSA) is 105 Å². The molecule has 106 valence electrons. The average Bonchev–Trinajstić information content (AvgIpc) is 2.39. The molecule has 1 amide bonds. The van der Waals surface area contributed by atoms with E-state index in [1.54, 1.807) is 0 Å². The Morgan fingerprint density at radius 2 is 2.26 bits per heavy atom. The van der Waals surface area contributed by atoms with Crippen LogP contribution in [0.1, 0.15) is 10.4 Å². The molecule has 0 bridgehead atoms. The molecule has 0 saturated heterocycles. The maximum Gasteiger partial charge on any atom is 0.252 e. The molecule has 0 aromatic heterocycles. The first kappa shape index (κ1) is 15.6. The zero-order chi connectivity index (χ0) is 14.3. The second-order valence-electron chi connectivity index (χ2n) is 3.90. The van der Waals surface area contributed by atoms with E-state index in [1.165, 1.54) is 18.2 Å². The number of hydrogen-bond acceptors (Lipinski definition) is 5. The maximum absolute atomic E-state index is 11.0. The highest BCUT2D eigenvalue weighted by Gasteiger charge is 2.08. The minimum atomic E-state index is -0.716. The van der Waals surface area contributed by atoms with Gasteiger partial charge in [0.15, 0.2) is 0 Å². The Balaban J connectivity index is 2.38. The van der Waals surface area contributed by atoms with Gasteiger partial charge in [0.05, 0.1) is 11.7 Å². The highest BCUT2D eigenvalue weighted by molar-refractivity contribution is 6.18. The highest BCUT2D eigenvalue weighted by atomic mass is 35.5. The molecule has 7 heteroatoms. The van der Waals surface area contributed by atoms with Gasteiger partial charge in [-0.1, -0.05) is 0 Å². The SMILES string of the molecule is NC(=O)c1cc(OCCNCC(O)CCl)ccc1O. The summed E-state index contributed by atoms with van der Waals surface area (Å²) in [6, 6.07) is 4.26. The maximum atomic E-state index is 11.0. The van der Waals surface area contributed by atoms with Crippen LogP contribution in [0.4, 0.5) is 0 Å². The van der Waals surface area contributed by atoms with E-state index in [1.807, 2.05) is 0 Å². The number of rotatable bonds is 8. The van der Waals surface area contributed by atoms with Crippen LogP contribution in [0.5, 0.6) is 11.5 Å². The van der Waals surface area contributed by atoms with Crippen LogP contribution in [0.25, 0.3) is 0 Å². The van der Waals surface area contributed by atoms with Gasteiger partial charge in [-0.3, -0.25) is 4.79 Å². The molecule has 19 heavy (non-hydrogen) atoms. The number of amides is 1. The molecule has 1 rings (SSSR count). The zero-order valence-electron chi connectivity index (χ0n) is 10.3. The monoisotopic (exact) mass is 288 g/mol. The fraction of sp³-hybridized carbons (Fsp3) is 0.417. The number of phenols is 1. The van der Waals surface area contributed by atoms with Crippen molar-refractivity contribution in [1.29, 1.82) is 0 Å². The zero-order valence-corrected chi connectivity index (χ0v) is 11.1. The van der Waals surface area contributed by atoms with E-state index in [2.05, 4.69) is 5.32 Å².